The van der Waals surface area contributed by atoms with Crippen molar-refractivity contribution in [1.82, 2.24) is 10.3 Å². The van der Waals surface area contributed by atoms with E-state index in [4.69, 9.17) is 4.74 Å². The fourth-order valence-corrected chi connectivity index (χ4v) is 2.48. The summed E-state index contributed by atoms with van der Waals surface area (Å²) in [6.07, 6.45) is 2.97. The first kappa shape index (κ1) is 11.6. The van der Waals surface area contributed by atoms with Crippen LogP contribution in [0.15, 0.2) is 30.5 Å². The van der Waals surface area contributed by atoms with Crippen molar-refractivity contribution in [2.24, 2.45) is 0 Å². The van der Waals surface area contributed by atoms with Gasteiger partial charge in [0.25, 0.3) is 0 Å². The number of hydrogen-bond donors (Lipinski definition) is 1. The number of pyridine rings is 1. The standard InChI is InChI=1S/C15H18N2O/c1-11-4-5-12(9-17-13-6-8-18-10-13)14-3-2-7-16-15(11)14/h2-5,7,13,17H,6,8-10H2,1H3. The van der Waals surface area contributed by atoms with E-state index in [1.807, 2.05) is 12.3 Å². The molecule has 0 spiro atoms. The molecule has 0 amide bonds. The van der Waals surface area contributed by atoms with Crippen LogP contribution in [-0.2, 0) is 11.3 Å². The largest absolute Gasteiger partial charge is 0.380 e. The van der Waals surface area contributed by atoms with E-state index in [9.17, 15) is 0 Å². The number of ether oxygens (including phenoxy) is 1. The topological polar surface area (TPSA) is 34.1 Å². The van der Waals surface area contributed by atoms with Crippen LogP contribution in [0.25, 0.3) is 10.9 Å². The van der Waals surface area contributed by atoms with E-state index in [-0.39, 0.29) is 0 Å². The number of aromatic nitrogens is 1. The Kier molecular flexibility index (Phi) is 3.26. The van der Waals surface area contributed by atoms with Crippen molar-refractivity contribution in [3.05, 3.63) is 41.6 Å². The van der Waals surface area contributed by atoms with Gasteiger partial charge in [0.05, 0.1) is 12.1 Å². The summed E-state index contributed by atoms with van der Waals surface area (Å²) < 4.78 is 5.38. The van der Waals surface area contributed by atoms with Crippen LogP contribution in [0.2, 0.25) is 0 Å². The van der Waals surface area contributed by atoms with E-state index in [2.05, 4.69) is 35.4 Å². The monoisotopic (exact) mass is 242 g/mol. The Morgan fingerprint density at radius 1 is 1.39 bits per heavy atom. The molecule has 1 aromatic carbocycles. The maximum Gasteiger partial charge on any atom is 0.0734 e. The smallest absolute Gasteiger partial charge is 0.0734 e. The predicted octanol–water partition coefficient (Wildman–Crippen LogP) is 2.42. The summed E-state index contributed by atoms with van der Waals surface area (Å²) in [5, 5.41) is 4.81. The molecule has 3 heteroatoms. The van der Waals surface area contributed by atoms with E-state index in [0.717, 1.165) is 31.7 Å². The Morgan fingerprint density at radius 2 is 2.33 bits per heavy atom. The summed E-state index contributed by atoms with van der Waals surface area (Å²) in [6, 6.07) is 9.00. The van der Waals surface area contributed by atoms with Gasteiger partial charge in [0, 0.05) is 30.8 Å². The maximum absolute atomic E-state index is 5.38. The van der Waals surface area contributed by atoms with Crippen LogP contribution in [0.1, 0.15) is 17.5 Å². The molecule has 1 aromatic heterocycles. The minimum absolute atomic E-state index is 0.498. The predicted molar refractivity (Wildman–Crippen MR) is 72.5 cm³/mol. The second-order valence-electron chi connectivity index (χ2n) is 4.88. The van der Waals surface area contributed by atoms with Crippen molar-refractivity contribution in [2.75, 3.05) is 13.2 Å². The van der Waals surface area contributed by atoms with Crippen LogP contribution < -0.4 is 5.32 Å². The average Bonchev–Trinajstić information content (AvgIpc) is 2.92. The molecule has 1 unspecified atom stereocenters. The van der Waals surface area contributed by atoms with Gasteiger partial charge in [-0.2, -0.15) is 0 Å². The summed E-state index contributed by atoms with van der Waals surface area (Å²) in [7, 11) is 0. The number of nitrogens with one attached hydrogen (secondary N) is 1. The lowest BCUT2D eigenvalue weighted by molar-refractivity contribution is 0.190. The molecular formula is C15H18N2O. The minimum atomic E-state index is 0.498. The van der Waals surface area contributed by atoms with Crippen molar-refractivity contribution in [1.29, 1.82) is 0 Å². The van der Waals surface area contributed by atoms with Crippen molar-refractivity contribution >= 4 is 10.9 Å². The van der Waals surface area contributed by atoms with Crippen LogP contribution in [0.5, 0.6) is 0 Å². The molecule has 3 nitrogen and oxygen atoms in total. The molecule has 1 atom stereocenters. The molecule has 2 aromatic rings. The van der Waals surface area contributed by atoms with Crippen molar-refractivity contribution in [2.45, 2.75) is 25.9 Å². The average molecular weight is 242 g/mol. The maximum atomic E-state index is 5.38. The van der Waals surface area contributed by atoms with E-state index >= 15 is 0 Å². The fourth-order valence-electron chi connectivity index (χ4n) is 2.48. The number of aryl methyl sites for hydroxylation is 1. The Morgan fingerprint density at radius 3 is 3.17 bits per heavy atom. The summed E-state index contributed by atoms with van der Waals surface area (Å²) in [6.45, 7) is 4.71. The molecule has 0 bridgehead atoms. The molecule has 0 radical (unpaired) electrons. The van der Waals surface area contributed by atoms with Crippen LogP contribution in [0.4, 0.5) is 0 Å². The van der Waals surface area contributed by atoms with E-state index in [1.165, 1.54) is 16.5 Å². The van der Waals surface area contributed by atoms with Crippen molar-refractivity contribution < 1.29 is 4.74 Å². The van der Waals surface area contributed by atoms with Crippen LogP contribution in [-0.4, -0.2) is 24.2 Å². The van der Waals surface area contributed by atoms with Gasteiger partial charge in [-0.25, -0.2) is 0 Å². The molecular weight excluding hydrogens is 224 g/mol. The SMILES string of the molecule is Cc1ccc(CNC2CCOC2)c2cccnc12. The highest BCUT2D eigenvalue weighted by Crippen LogP contribution is 2.20. The number of rotatable bonds is 3. The van der Waals surface area contributed by atoms with E-state index < -0.39 is 0 Å². The summed E-state index contributed by atoms with van der Waals surface area (Å²) in [4.78, 5) is 4.47. The first-order valence-corrected chi connectivity index (χ1v) is 6.49. The second-order valence-corrected chi connectivity index (χ2v) is 4.88. The summed E-state index contributed by atoms with van der Waals surface area (Å²) in [5.74, 6) is 0. The molecule has 1 N–H and O–H groups in total. The third-order valence-electron chi connectivity index (χ3n) is 3.57. The van der Waals surface area contributed by atoms with Gasteiger partial charge in [0.2, 0.25) is 0 Å². The molecule has 18 heavy (non-hydrogen) atoms. The second kappa shape index (κ2) is 5.04. The van der Waals surface area contributed by atoms with Gasteiger partial charge in [-0.3, -0.25) is 4.98 Å². The number of benzene rings is 1. The lowest BCUT2D eigenvalue weighted by Crippen LogP contribution is -2.28. The van der Waals surface area contributed by atoms with Crippen LogP contribution in [0, 0.1) is 6.92 Å². The van der Waals surface area contributed by atoms with Crippen molar-refractivity contribution in [3.8, 4) is 0 Å². The van der Waals surface area contributed by atoms with Crippen LogP contribution >= 0.6 is 0 Å². The fraction of sp³-hybridized carbons (Fsp3) is 0.400. The highest BCUT2D eigenvalue weighted by Gasteiger charge is 2.15. The Labute approximate surface area is 107 Å². The molecule has 0 saturated carbocycles. The third kappa shape index (κ3) is 2.24. The molecule has 1 aliphatic rings. The Bertz CT molecular complexity index is 547. The molecule has 1 saturated heterocycles. The number of nitrogens with zero attached hydrogens (tertiary/aromatic N) is 1. The van der Waals surface area contributed by atoms with Crippen LogP contribution in [0.3, 0.4) is 0 Å². The quantitative estimate of drug-likeness (QED) is 0.897. The number of hydrogen-bond acceptors (Lipinski definition) is 3. The Balaban J connectivity index is 1.85. The summed E-state index contributed by atoms with van der Waals surface area (Å²) >= 11 is 0. The number of fused-ring (bicyclic) bond motifs is 1. The zero-order valence-electron chi connectivity index (χ0n) is 10.6. The van der Waals surface area contributed by atoms with E-state index in [0.29, 0.717) is 6.04 Å². The lowest BCUT2D eigenvalue weighted by Gasteiger charge is -2.13. The van der Waals surface area contributed by atoms with Crippen molar-refractivity contribution in [3.63, 3.8) is 0 Å². The van der Waals surface area contributed by atoms with Gasteiger partial charge < -0.3 is 10.1 Å². The summed E-state index contributed by atoms with van der Waals surface area (Å²) in [5.41, 5.74) is 3.66. The zero-order valence-corrected chi connectivity index (χ0v) is 10.6. The molecule has 2 heterocycles. The molecule has 94 valence electrons. The normalized spacial score (nSPS) is 19.5. The first-order chi connectivity index (χ1) is 8.84. The lowest BCUT2D eigenvalue weighted by atomic mass is 10.0. The highest BCUT2D eigenvalue weighted by atomic mass is 16.5. The van der Waals surface area contributed by atoms with E-state index in [1.54, 1.807) is 0 Å². The third-order valence-corrected chi connectivity index (χ3v) is 3.57. The molecule has 0 aliphatic carbocycles. The van der Waals surface area contributed by atoms with Gasteiger partial charge >= 0.3 is 0 Å². The highest BCUT2D eigenvalue weighted by molar-refractivity contribution is 5.84. The van der Waals surface area contributed by atoms with Gasteiger partial charge in [-0.15, -0.1) is 0 Å². The first-order valence-electron chi connectivity index (χ1n) is 6.49. The molecule has 1 fully saturated rings. The minimum Gasteiger partial charge on any atom is -0.380 e. The van der Waals surface area contributed by atoms with Gasteiger partial charge in [-0.05, 0) is 30.5 Å². The van der Waals surface area contributed by atoms with Gasteiger partial charge in [-0.1, -0.05) is 18.2 Å². The zero-order chi connectivity index (χ0) is 12.4. The van der Waals surface area contributed by atoms with Gasteiger partial charge in [0.1, 0.15) is 0 Å². The Hall–Kier alpha value is -1.45. The molecule has 1 aliphatic heterocycles. The van der Waals surface area contributed by atoms with Gasteiger partial charge in [0.15, 0.2) is 0 Å². The molecule has 3 rings (SSSR count).